The molecule has 0 radical (unpaired) electrons. The highest BCUT2D eigenvalue weighted by Gasteiger charge is 2.28. The van der Waals surface area contributed by atoms with Crippen LogP contribution < -0.4 is 10.1 Å². The molecule has 0 saturated carbocycles. The lowest BCUT2D eigenvalue weighted by molar-refractivity contribution is 0.0836. The van der Waals surface area contributed by atoms with Gasteiger partial charge >= 0.3 is 0 Å². The molecule has 0 bridgehead atoms. The van der Waals surface area contributed by atoms with E-state index in [1.165, 1.54) is 5.56 Å². The predicted molar refractivity (Wildman–Crippen MR) is 93.0 cm³/mol. The minimum Gasteiger partial charge on any atom is -0.507 e. The average Bonchev–Trinajstić information content (AvgIpc) is 2.53. The maximum absolute atomic E-state index is 10.5. The molecule has 2 aromatic rings. The lowest BCUT2D eigenvalue weighted by atomic mass is 9.92. The van der Waals surface area contributed by atoms with Crippen molar-refractivity contribution in [2.45, 2.75) is 45.3 Å². The average molecular weight is 311 g/mol. The first-order valence-electron chi connectivity index (χ1n) is 8.32. The highest BCUT2D eigenvalue weighted by molar-refractivity contribution is 5.50. The van der Waals surface area contributed by atoms with E-state index < -0.39 is 0 Å². The van der Waals surface area contributed by atoms with Crippen LogP contribution in [-0.2, 0) is 19.4 Å². The number of hydrogen-bond donors (Lipinski definition) is 2. The van der Waals surface area contributed by atoms with E-state index in [9.17, 15) is 5.11 Å². The fourth-order valence-electron chi connectivity index (χ4n) is 3.02. The fourth-order valence-corrected chi connectivity index (χ4v) is 3.02. The first-order valence-corrected chi connectivity index (χ1v) is 8.32. The molecule has 0 spiro atoms. The van der Waals surface area contributed by atoms with E-state index in [-0.39, 0.29) is 5.60 Å². The number of hydrogen-bond acceptors (Lipinski definition) is 3. The topological polar surface area (TPSA) is 41.5 Å². The number of phenols is 1. The lowest BCUT2D eigenvalue weighted by Gasteiger charge is -2.33. The lowest BCUT2D eigenvalue weighted by Crippen LogP contribution is -2.32. The van der Waals surface area contributed by atoms with Crippen LogP contribution in [0.3, 0.4) is 0 Å². The zero-order valence-corrected chi connectivity index (χ0v) is 13.9. The molecule has 0 fully saturated rings. The standard InChI is InChI=1S/C20H25NO2/c1-20(2)12-10-17-18(23-20)9-8-16(19(17)22)14-21-13-11-15-6-4-3-5-7-15/h3-9,21-22H,10-14H2,1-2H3. The van der Waals surface area contributed by atoms with Gasteiger partial charge in [0.05, 0.1) is 0 Å². The molecule has 1 aliphatic heterocycles. The molecule has 23 heavy (non-hydrogen) atoms. The molecule has 122 valence electrons. The Morgan fingerprint density at radius 3 is 2.70 bits per heavy atom. The molecule has 0 atom stereocenters. The van der Waals surface area contributed by atoms with Crippen LogP contribution in [0.25, 0.3) is 0 Å². The van der Waals surface area contributed by atoms with Crippen molar-refractivity contribution >= 4 is 0 Å². The van der Waals surface area contributed by atoms with Gasteiger partial charge in [0.15, 0.2) is 0 Å². The molecule has 0 aliphatic carbocycles. The van der Waals surface area contributed by atoms with Crippen LogP contribution in [0.5, 0.6) is 11.5 Å². The number of benzene rings is 2. The maximum atomic E-state index is 10.5. The Morgan fingerprint density at radius 2 is 1.91 bits per heavy atom. The van der Waals surface area contributed by atoms with Crippen LogP contribution in [0, 0.1) is 0 Å². The quantitative estimate of drug-likeness (QED) is 0.825. The van der Waals surface area contributed by atoms with E-state index >= 15 is 0 Å². The minimum absolute atomic E-state index is 0.144. The summed E-state index contributed by atoms with van der Waals surface area (Å²) in [6.45, 7) is 5.75. The van der Waals surface area contributed by atoms with Gasteiger partial charge in [0.1, 0.15) is 17.1 Å². The Hall–Kier alpha value is -2.00. The van der Waals surface area contributed by atoms with Gasteiger partial charge in [-0.1, -0.05) is 36.4 Å². The van der Waals surface area contributed by atoms with Crippen molar-refractivity contribution in [3.05, 3.63) is 59.2 Å². The van der Waals surface area contributed by atoms with Gasteiger partial charge < -0.3 is 15.2 Å². The SMILES string of the molecule is CC1(C)CCc2c(ccc(CNCCc3ccccc3)c2O)O1. The molecule has 3 heteroatoms. The second-order valence-corrected chi connectivity index (χ2v) is 6.82. The summed E-state index contributed by atoms with van der Waals surface area (Å²) >= 11 is 0. The monoisotopic (exact) mass is 311 g/mol. The highest BCUT2D eigenvalue weighted by atomic mass is 16.5. The summed E-state index contributed by atoms with van der Waals surface area (Å²) in [6.07, 6.45) is 2.79. The first kappa shape index (κ1) is 15.9. The normalized spacial score (nSPS) is 15.7. The summed E-state index contributed by atoms with van der Waals surface area (Å²) in [5.41, 5.74) is 3.08. The van der Waals surface area contributed by atoms with Gasteiger partial charge in [-0.05, 0) is 51.3 Å². The van der Waals surface area contributed by atoms with Gasteiger partial charge in [0, 0.05) is 17.7 Å². The van der Waals surface area contributed by atoms with Gasteiger partial charge in [0.25, 0.3) is 0 Å². The number of nitrogens with one attached hydrogen (secondary N) is 1. The van der Waals surface area contributed by atoms with Gasteiger partial charge in [-0.25, -0.2) is 0 Å². The summed E-state index contributed by atoms with van der Waals surface area (Å²) < 4.78 is 5.96. The molecule has 0 saturated heterocycles. The van der Waals surface area contributed by atoms with Crippen molar-refractivity contribution in [2.75, 3.05) is 6.54 Å². The molecular formula is C20H25NO2. The van der Waals surface area contributed by atoms with Crippen LogP contribution in [0.2, 0.25) is 0 Å². The third-order valence-corrected chi connectivity index (χ3v) is 4.44. The van der Waals surface area contributed by atoms with Crippen molar-refractivity contribution in [2.24, 2.45) is 0 Å². The summed E-state index contributed by atoms with van der Waals surface area (Å²) in [5.74, 6) is 1.22. The van der Waals surface area contributed by atoms with Gasteiger partial charge in [-0.2, -0.15) is 0 Å². The van der Waals surface area contributed by atoms with Gasteiger partial charge in [0.2, 0.25) is 0 Å². The zero-order chi connectivity index (χ0) is 16.3. The minimum atomic E-state index is -0.144. The second-order valence-electron chi connectivity index (χ2n) is 6.82. The second kappa shape index (κ2) is 6.63. The van der Waals surface area contributed by atoms with Crippen LogP contribution >= 0.6 is 0 Å². The predicted octanol–water partition coefficient (Wildman–Crippen LogP) is 3.83. The summed E-state index contributed by atoms with van der Waals surface area (Å²) in [4.78, 5) is 0. The van der Waals surface area contributed by atoms with E-state index in [1.807, 2.05) is 18.2 Å². The van der Waals surface area contributed by atoms with Crippen molar-refractivity contribution in [3.63, 3.8) is 0 Å². The van der Waals surface area contributed by atoms with Gasteiger partial charge in [-0.3, -0.25) is 0 Å². The third-order valence-electron chi connectivity index (χ3n) is 4.44. The van der Waals surface area contributed by atoms with E-state index in [0.29, 0.717) is 12.3 Å². The molecule has 0 amide bonds. The summed E-state index contributed by atoms with van der Waals surface area (Å²) in [5, 5.41) is 13.9. The third kappa shape index (κ3) is 3.85. The molecule has 3 nitrogen and oxygen atoms in total. The molecule has 0 aromatic heterocycles. The Morgan fingerprint density at radius 1 is 1.13 bits per heavy atom. The van der Waals surface area contributed by atoms with Crippen molar-refractivity contribution in [1.29, 1.82) is 0 Å². The van der Waals surface area contributed by atoms with Crippen molar-refractivity contribution in [3.8, 4) is 11.5 Å². The Bertz CT molecular complexity index is 665. The Labute approximate surface area is 138 Å². The number of phenolic OH excluding ortho intramolecular Hbond substituents is 1. The molecule has 2 aromatic carbocycles. The smallest absolute Gasteiger partial charge is 0.127 e. The largest absolute Gasteiger partial charge is 0.507 e. The van der Waals surface area contributed by atoms with E-state index in [0.717, 1.165) is 42.7 Å². The van der Waals surface area contributed by atoms with E-state index in [1.54, 1.807) is 0 Å². The molecule has 1 heterocycles. The van der Waals surface area contributed by atoms with Crippen molar-refractivity contribution < 1.29 is 9.84 Å². The molecule has 1 aliphatic rings. The summed E-state index contributed by atoms with van der Waals surface area (Å²) in [6, 6.07) is 14.4. The maximum Gasteiger partial charge on any atom is 0.127 e. The zero-order valence-electron chi connectivity index (χ0n) is 13.9. The fraction of sp³-hybridized carbons (Fsp3) is 0.400. The number of ether oxygens (including phenoxy) is 1. The Balaban J connectivity index is 1.59. The number of aromatic hydroxyl groups is 1. The van der Waals surface area contributed by atoms with Crippen molar-refractivity contribution in [1.82, 2.24) is 5.32 Å². The van der Waals surface area contributed by atoms with Crippen LogP contribution in [-0.4, -0.2) is 17.3 Å². The number of fused-ring (bicyclic) bond motifs is 1. The summed E-state index contributed by atoms with van der Waals surface area (Å²) in [7, 11) is 0. The first-order chi connectivity index (χ1) is 11.1. The molecule has 0 unspecified atom stereocenters. The number of rotatable bonds is 5. The van der Waals surface area contributed by atoms with E-state index in [4.69, 9.17) is 4.74 Å². The van der Waals surface area contributed by atoms with Crippen LogP contribution in [0.4, 0.5) is 0 Å². The molecular weight excluding hydrogens is 286 g/mol. The highest BCUT2D eigenvalue weighted by Crippen LogP contribution is 2.39. The van der Waals surface area contributed by atoms with Crippen LogP contribution in [0.15, 0.2) is 42.5 Å². The Kier molecular flexibility index (Phi) is 4.58. The molecule has 3 rings (SSSR count). The van der Waals surface area contributed by atoms with Crippen LogP contribution in [0.1, 0.15) is 37.0 Å². The van der Waals surface area contributed by atoms with E-state index in [2.05, 4.69) is 43.4 Å². The molecule has 2 N–H and O–H groups in total. The van der Waals surface area contributed by atoms with Gasteiger partial charge in [-0.15, -0.1) is 0 Å².